The van der Waals surface area contributed by atoms with Gasteiger partial charge < -0.3 is 10.1 Å². The Morgan fingerprint density at radius 1 is 1.25 bits per heavy atom. The Hall–Kier alpha value is -1.39. The number of nitrogens with one attached hydrogen (secondary N) is 1. The molecule has 20 heavy (non-hydrogen) atoms. The van der Waals surface area contributed by atoms with Crippen LogP contribution in [0.15, 0.2) is 24.3 Å². The number of halogens is 1. The summed E-state index contributed by atoms with van der Waals surface area (Å²) in [5, 5.41) is 4.66. The van der Waals surface area contributed by atoms with Crippen molar-refractivity contribution in [1.82, 2.24) is 9.97 Å². The number of para-hydroxylation sites is 1. The molecule has 0 saturated heterocycles. The lowest BCUT2D eigenvalue weighted by atomic mass is 10.1. The van der Waals surface area contributed by atoms with Crippen molar-refractivity contribution in [1.29, 1.82) is 0 Å². The zero-order valence-electron chi connectivity index (χ0n) is 12.1. The van der Waals surface area contributed by atoms with Crippen molar-refractivity contribution < 1.29 is 4.74 Å². The van der Waals surface area contributed by atoms with E-state index in [0.717, 1.165) is 16.7 Å². The van der Waals surface area contributed by atoms with Crippen LogP contribution in [0, 0.1) is 5.92 Å². The first kappa shape index (κ1) is 15.0. The lowest BCUT2D eigenvalue weighted by Crippen LogP contribution is -2.31. The van der Waals surface area contributed by atoms with E-state index >= 15 is 0 Å². The summed E-state index contributed by atoms with van der Waals surface area (Å²) in [5.74, 6) is 1.19. The molecule has 0 aliphatic carbocycles. The van der Waals surface area contributed by atoms with E-state index in [1.165, 1.54) is 0 Å². The van der Waals surface area contributed by atoms with E-state index in [2.05, 4.69) is 29.1 Å². The Morgan fingerprint density at radius 2 is 2.00 bits per heavy atom. The maximum atomic E-state index is 6.00. The highest BCUT2D eigenvalue weighted by molar-refractivity contribution is 6.28. The van der Waals surface area contributed by atoms with Gasteiger partial charge in [-0.15, -0.1) is 0 Å². The smallest absolute Gasteiger partial charge is 0.224 e. The summed E-state index contributed by atoms with van der Waals surface area (Å²) in [5.41, 5.74) is 0.842. The molecule has 1 unspecified atom stereocenters. The Labute approximate surface area is 124 Å². The van der Waals surface area contributed by atoms with Crippen LogP contribution >= 0.6 is 11.6 Å². The zero-order valence-corrected chi connectivity index (χ0v) is 12.8. The average molecular weight is 294 g/mol. The molecule has 1 atom stereocenters. The standard InChI is InChI=1S/C15H20ClN3O/c1-4-20-9-13(10(2)3)17-14-11-7-5-6-8-12(11)18-15(16)19-14/h5-8,10,13H,4,9H2,1-3H3,(H,17,18,19). The number of anilines is 1. The fourth-order valence-electron chi connectivity index (χ4n) is 1.98. The van der Waals surface area contributed by atoms with Crippen LogP contribution in [-0.4, -0.2) is 29.2 Å². The summed E-state index contributed by atoms with van der Waals surface area (Å²) in [7, 11) is 0. The van der Waals surface area contributed by atoms with Crippen LogP contribution in [0.1, 0.15) is 20.8 Å². The number of hydrogen-bond acceptors (Lipinski definition) is 4. The molecule has 2 aromatic rings. The molecule has 1 heterocycles. The van der Waals surface area contributed by atoms with E-state index in [9.17, 15) is 0 Å². The first-order valence-electron chi connectivity index (χ1n) is 6.88. The van der Waals surface area contributed by atoms with Crippen LogP contribution in [0.25, 0.3) is 10.9 Å². The summed E-state index contributed by atoms with van der Waals surface area (Å²) in [4.78, 5) is 8.55. The van der Waals surface area contributed by atoms with Gasteiger partial charge in [0.2, 0.25) is 5.28 Å². The highest BCUT2D eigenvalue weighted by atomic mass is 35.5. The fourth-order valence-corrected chi connectivity index (χ4v) is 2.16. The minimum Gasteiger partial charge on any atom is -0.380 e. The summed E-state index contributed by atoms with van der Waals surface area (Å²) < 4.78 is 5.53. The molecule has 5 heteroatoms. The molecule has 0 bridgehead atoms. The predicted molar refractivity (Wildman–Crippen MR) is 83.3 cm³/mol. The molecule has 0 aliphatic rings. The van der Waals surface area contributed by atoms with Crippen LogP contribution in [0.4, 0.5) is 5.82 Å². The van der Waals surface area contributed by atoms with Gasteiger partial charge in [-0.3, -0.25) is 0 Å². The molecule has 4 nitrogen and oxygen atoms in total. The molecule has 2 rings (SSSR count). The van der Waals surface area contributed by atoms with E-state index < -0.39 is 0 Å². The molecular weight excluding hydrogens is 274 g/mol. The second-order valence-electron chi connectivity index (χ2n) is 5.01. The lowest BCUT2D eigenvalue weighted by Gasteiger charge is -2.23. The third kappa shape index (κ3) is 3.58. The van der Waals surface area contributed by atoms with Crippen molar-refractivity contribution in [3.05, 3.63) is 29.5 Å². The number of benzene rings is 1. The van der Waals surface area contributed by atoms with Gasteiger partial charge in [-0.1, -0.05) is 26.0 Å². The van der Waals surface area contributed by atoms with Crippen molar-refractivity contribution >= 4 is 28.3 Å². The normalized spacial score (nSPS) is 12.8. The van der Waals surface area contributed by atoms with E-state index in [1.807, 2.05) is 31.2 Å². The van der Waals surface area contributed by atoms with E-state index in [-0.39, 0.29) is 11.3 Å². The maximum absolute atomic E-state index is 6.00. The van der Waals surface area contributed by atoms with Crippen LogP contribution in [0.2, 0.25) is 5.28 Å². The highest BCUT2D eigenvalue weighted by Gasteiger charge is 2.16. The van der Waals surface area contributed by atoms with Gasteiger partial charge in [0.1, 0.15) is 5.82 Å². The predicted octanol–water partition coefficient (Wildman–Crippen LogP) is 3.76. The number of ether oxygens (including phenoxy) is 1. The number of aromatic nitrogens is 2. The van der Waals surface area contributed by atoms with E-state index in [1.54, 1.807) is 0 Å². The molecule has 1 aromatic carbocycles. The number of hydrogen-bond donors (Lipinski definition) is 1. The van der Waals surface area contributed by atoms with Crippen LogP contribution in [-0.2, 0) is 4.74 Å². The first-order valence-corrected chi connectivity index (χ1v) is 7.26. The minimum atomic E-state index is 0.185. The second-order valence-corrected chi connectivity index (χ2v) is 5.35. The second kappa shape index (κ2) is 6.86. The van der Waals surface area contributed by atoms with E-state index in [0.29, 0.717) is 19.1 Å². The van der Waals surface area contributed by atoms with Crippen LogP contribution in [0.3, 0.4) is 0 Å². The first-order chi connectivity index (χ1) is 9.61. The SMILES string of the molecule is CCOCC(Nc1nc(Cl)nc2ccccc12)C(C)C. The van der Waals surface area contributed by atoms with Gasteiger partial charge in [-0.05, 0) is 36.6 Å². The van der Waals surface area contributed by atoms with Crippen molar-refractivity contribution in [2.75, 3.05) is 18.5 Å². The van der Waals surface area contributed by atoms with Gasteiger partial charge in [-0.25, -0.2) is 9.97 Å². The van der Waals surface area contributed by atoms with Gasteiger partial charge in [0.15, 0.2) is 0 Å². The quantitative estimate of drug-likeness (QED) is 0.824. The monoisotopic (exact) mass is 293 g/mol. The van der Waals surface area contributed by atoms with Crippen molar-refractivity contribution in [2.24, 2.45) is 5.92 Å². The third-order valence-corrected chi connectivity index (χ3v) is 3.37. The van der Waals surface area contributed by atoms with Crippen molar-refractivity contribution in [2.45, 2.75) is 26.8 Å². The summed E-state index contributed by atoms with van der Waals surface area (Å²) in [6, 6.07) is 8.02. The number of nitrogens with zero attached hydrogens (tertiary/aromatic N) is 2. The highest BCUT2D eigenvalue weighted by Crippen LogP contribution is 2.23. The Bertz CT molecular complexity index is 574. The zero-order chi connectivity index (χ0) is 14.5. The van der Waals surface area contributed by atoms with Gasteiger partial charge in [0.05, 0.1) is 18.2 Å². The van der Waals surface area contributed by atoms with E-state index in [4.69, 9.17) is 16.3 Å². The number of fused-ring (bicyclic) bond motifs is 1. The maximum Gasteiger partial charge on any atom is 0.224 e. The topological polar surface area (TPSA) is 47.0 Å². The van der Waals surface area contributed by atoms with Crippen LogP contribution < -0.4 is 5.32 Å². The summed E-state index contributed by atoms with van der Waals surface area (Å²) in [6.07, 6.45) is 0. The molecule has 108 valence electrons. The fraction of sp³-hybridized carbons (Fsp3) is 0.467. The van der Waals surface area contributed by atoms with Crippen molar-refractivity contribution in [3.63, 3.8) is 0 Å². The Balaban J connectivity index is 2.31. The molecular formula is C15H20ClN3O. The van der Waals surface area contributed by atoms with Gasteiger partial charge in [0, 0.05) is 12.0 Å². The Kier molecular flexibility index (Phi) is 5.15. The molecule has 0 radical (unpaired) electrons. The molecule has 0 fully saturated rings. The minimum absolute atomic E-state index is 0.185. The largest absolute Gasteiger partial charge is 0.380 e. The van der Waals surface area contributed by atoms with Crippen molar-refractivity contribution in [3.8, 4) is 0 Å². The molecule has 0 amide bonds. The van der Waals surface area contributed by atoms with Gasteiger partial charge in [-0.2, -0.15) is 0 Å². The summed E-state index contributed by atoms with van der Waals surface area (Å²) in [6.45, 7) is 7.65. The number of rotatable bonds is 6. The van der Waals surface area contributed by atoms with Gasteiger partial charge >= 0.3 is 0 Å². The molecule has 0 saturated carbocycles. The summed E-state index contributed by atoms with van der Waals surface area (Å²) >= 11 is 6.00. The Morgan fingerprint density at radius 3 is 2.70 bits per heavy atom. The third-order valence-electron chi connectivity index (χ3n) is 3.20. The van der Waals surface area contributed by atoms with Crippen LogP contribution in [0.5, 0.6) is 0 Å². The molecule has 1 aromatic heterocycles. The molecule has 0 spiro atoms. The molecule has 1 N–H and O–H groups in total. The van der Waals surface area contributed by atoms with Gasteiger partial charge in [0.25, 0.3) is 0 Å². The molecule has 0 aliphatic heterocycles. The lowest BCUT2D eigenvalue weighted by molar-refractivity contribution is 0.126. The average Bonchev–Trinajstić information content (AvgIpc) is 2.42.